The van der Waals surface area contributed by atoms with Gasteiger partial charge in [-0.2, -0.15) is 5.10 Å². The predicted octanol–water partition coefficient (Wildman–Crippen LogP) is 4.45. The molecular weight excluding hydrogens is 441 g/mol. The number of nitrogens with one attached hydrogen (secondary N) is 2. The summed E-state index contributed by atoms with van der Waals surface area (Å²) in [6.07, 6.45) is 1.79. The Labute approximate surface area is 194 Å². The minimum atomic E-state index is -0.311. The Morgan fingerprint density at radius 3 is 2.58 bits per heavy atom. The van der Waals surface area contributed by atoms with E-state index in [1.54, 1.807) is 52.7 Å². The number of hydrogen-bond acceptors (Lipinski definition) is 5. The highest BCUT2D eigenvalue weighted by atomic mass is 32.1. The van der Waals surface area contributed by atoms with Crippen LogP contribution in [0.15, 0.2) is 66.2 Å². The lowest BCUT2D eigenvalue weighted by atomic mass is 10.1. The summed E-state index contributed by atoms with van der Waals surface area (Å²) in [6, 6.07) is 14.7. The smallest absolute Gasteiger partial charge is 0.257 e. The van der Waals surface area contributed by atoms with Gasteiger partial charge >= 0.3 is 0 Å². The molecule has 2 aromatic heterocycles. The molecule has 2 amide bonds. The predicted molar refractivity (Wildman–Crippen MR) is 125 cm³/mol. The van der Waals surface area contributed by atoms with E-state index < -0.39 is 0 Å². The zero-order valence-electron chi connectivity index (χ0n) is 18.1. The van der Waals surface area contributed by atoms with Crippen LogP contribution in [-0.2, 0) is 11.2 Å². The Balaban J connectivity index is 1.36. The second kappa shape index (κ2) is 9.74. The monoisotopic (exact) mass is 463 g/mol. The van der Waals surface area contributed by atoms with Crippen LogP contribution in [0.3, 0.4) is 0 Å². The standard InChI is InChI=1S/C24H22FN5O2S/c1-15(21-13-26-30(16(21)2)20-10-8-18(25)9-11-20)27-22(31)12-19-14-33-24(28-19)29-23(32)17-6-4-3-5-7-17/h3-11,13-15H,12H2,1-2H3,(H,27,31)(H,28,29,32). The number of nitrogens with zero attached hydrogens (tertiary/aromatic N) is 3. The maximum Gasteiger partial charge on any atom is 0.257 e. The molecule has 1 atom stereocenters. The molecule has 0 radical (unpaired) electrons. The number of hydrogen-bond donors (Lipinski definition) is 2. The second-order valence-corrected chi connectivity index (χ2v) is 8.36. The Bertz CT molecular complexity index is 1270. The number of rotatable bonds is 7. The number of benzene rings is 2. The van der Waals surface area contributed by atoms with E-state index in [1.165, 1.54) is 23.5 Å². The van der Waals surface area contributed by atoms with Crippen LogP contribution in [-0.4, -0.2) is 26.6 Å². The zero-order chi connectivity index (χ0) is 23.4. The average molecular weight is 464 g/mol. The van der Waals surface area contributed by atoms with E-state index in [0.29, 0.717) is 16.4 Å². The summed E-state index contributed by atoms with van der Waals surface area (Å²) in [5.41, 5.74) is 3.58. The third-order valence-corrected chi connectivity index (χ3v) is 5.92. The van der Waals surface area contributed by atoms with Crippen molar-refractivity contribution in [1.82, 2.24) is 20.1 Å². The van der Waals surface area contributed by atoms with Crippen molar-refractivity contribution in [3.8, 4) is 5.69 Å². The highest BCUT2D eigenvalue weighted by Gasteiger charge is 2.18. The van der Waals surface area contributed by atoms with Crippen LogP contribution in [0.2, 0.25) is 0 Å². The first-order valence-corrected chi connectivity index (χ1v) is 11.2. The number of carbonyl (C=O) groups is 2. The van der Waals surface area contributed by atoms with Crippen LogP contribution < -0.4 is 10.6 Å². The van der Waals surface area contributed by atoms with Gasteiger partial charge in [-0.1, -0.05) is 18.2 Å². The van der Waals surface area contributed by atoms with Crippen molar-refractivity contribution in [2.75, 3.05) is 5.32 Å². The highest BCUT2D eigenvalue weighted by molar-refractivity contribution is 7.14. The summed E-state index contributed by atoms with van der Waals surface area (Å²) in [5.74, 6) is -0.750. The molecule has 2 heterocycles. The minimum absolute atomic E-state index is 0.0905. The number of aromatic nitrogens is 3. The molecule has 2 aromatic carbocycles. The summed E-state index contributed by atoms with van der Waals surface area (Å²) in [7, 11) is 0. The van der Waals surface area contributed by atoms with Gasteiger partial charge in [-0.05, 0) is 50.2 Å². The SMILES string of the molecule is Cc1c(C(C)NC(=O)Cc2csc(NC(=O)c3ccccc3)n2)cnn1-c1ccc(F)cc1. The molecule has 0 aliphatic rings. The van der Waals surface area contributed by atoms with Crippen molar-refractivity contribution in [3.63, 3.8) is 0 Å². The van der Waals surface area contributed by atoms with Gasteiger partial charge in [-0.15, -0.1) is 11.3 Å². The van der Waals surface area contributed by atoms with Crippen LogP contribution >= 0.6 is 11.3 Å². The first-order chi connectivity index (χ1) is 15.9. The van der Waals surface area contributed by atoms with E-state index >= 15 is 0 Å². The molecule has 168 valence electrons. The minimum Gasteiger partial charge on any atom is -0.349 e. The van der Waals surface area contributed by atoms with Crippen LogP contribution in [0.5, 0.6) is 0 Å². The van der Waals surface area contributed by atoms with Crippen molar-refractivity contribution in [2.45, 2.75) is 26.3 Å². The largest absolute Gasteiger partial charge is 0.349 e. The molecule has 4 rings (SSSR count). The van der Waals surface area contributed by atoms with Crippen LogP contribution in [0.4, 0.5) is 9.52 Å². The fraction of sp³-hybridized carbons (Fsp3) is 0.167. The van der Waals surface area contributed by atoms with Crippen LogP contribution in [0, 0.1) is 12.7 Å². The van der Waals surface area contributed by atoms with Gasteiger partial charge in [0.25, 0.3) is 5.91 Å². The Kier molecular flexibility index (Phi) is 6.60. The van der Waals surface area contributed by atoms with Gasteiger partial charge in [0.15, 0.2) is 5.13 Å². The molecule has 0 aliphatic carbocycles. The first kappa shape index (κ1) is 22.3. The first-order valence-electron chi connectivity index (χ1n) is 10.3. The van der Waals surface area contributed by atoms with Gasteiger partial charge in [-0.3, -0.25) is 14.9 Å². The molecule has 0 saturated heterocycles. The fourth-order valence-corrected chi connectivity index (χ4v) is 4.13. The van der Waals surface area contributed by atoms with Crippen LogP contribution in [0.25, 0.3) is 5.69 Å². The summed E-state index contributed by atoms with van der Waals surface area (Å²) < 4.78 is 14.9. The van der Waals surface area contributed by atoms with E-state index in [4.69, 9.17) is 0 Å². The van der Waals surface area contributed by atoms with Crippen molar-refractivity contribution in [2.24, 2.45) is 0 Å². The molecule has 2 N–H and O–H groups in total. The van der Waals surface area contributed by atoms with Gasteiger partial charge in [-0.25, -0.2) is 14.1 Å². The normalized spacial score (nSPS) is 11.7. The summed E-state index contributed by atoms with van der Waals surface area (Å²) in [6.45, 7) is 3.78. The maximum atomic E-state index is 13.2. The van der Waals surface area contributed by atoms with Crippen molar-refractivity contribution in [1.29, 1.82) is 0 Å². The molecule has 0 fully saturated rings. The lowest BCUT2D eigenvalue weighted by Crippen LogP contribution is -2.28. The molecule has 0 aliphatic heterocycles. The number of amides is 2. The lowest BCUT2D eigenvalue weighted by molar-refractivity contribution is -0.121. The maximum absolute atomic E-state index is 13.2. The van der Waals surface area contributed by atoms with Crippen LogP contribution in [0.1, 0.15) is 40.3 Å². The molecule has 9 heteroatoms. The van der Waals surface area contributed by atoms with E-state index in [2.05, 4.69) is 20.7 Å². The quantitative estimate of drug-likeness (QED) is 0.424. The topological polar surface area (TPSA) is 88.9 Å². The molecule has 4 aromatic rings. The number of anilines is 1. The van der Waals surface area contributed by atoms with Gasteiger partial charge in [0.05, 0.1) is 30.0 Å². The van der Waals surface area contributed by atoms with Gasteiger partial charge in [0.1, 0.15) is 5.82 Å². The van der Waals surface area contributed by atoms with Crippen molar-refractivity contribution in [3.05, 3.63) is 94.5 Å². The van der Waals surface area contributed by atoms with E-state index in [0.717, 1.165) is 16.9 Å². The van der Waals surface area contributed by atoms with Gasteiger partial charge < -0.3 is 5.32 Å². The summed E-state index contributed by atoms with van der Waals surface area (Å²) >= 11 is 1.27. The fourth-order valence-electron chi connectivity index (χ4n) is 3.43. The Morgan fingerprint density at radius 1 is 1.12 bits per heavy atom. The van der Waals surface area contributed by atoms with Gasteiger partial charge in [0, 0.05) is 22.2 Å². The van der Waals surface area contributed by atoms with Crippen molar-refractivity contribution < 1.29 is 14.0 Å². The molecule has 33 heavy (non-hydrogen) atoms. The Morgan fingerprint density at radius 2 is 1.85 bits per heavy atom. The molecular formula is C24H22FN5O2S. The molecule has 0 spiro atoms. The third kappa shape index (κ3) is 5.32. The third-order valence-electron chi connectivity index (χ3n) is 5.11. The van der Waals surface area contributed by atoms with Crippen molar-refractivity contribution >= 4 is 28.3 Å². The van der Waals surface area contributed by atoms with E-state index in [1.807, 2.05) is 19.9 Å². The van der Waals surface area contributed by atoms with Gasteiger partial charge in [0.2, 0.25) is 5.91 Å². The van der Waals surface area contributed by atoms with E-state index in [-0.39, 0.29) is 30.1 Å². The highest BCUT2D eigenvalue weighted by Crippen LogP contribution is 2.21. The number of halogens is 1. The van der Waals surface area contributed by atoms with E-state index in [9.17, 15) is 14.0 Å². The second-order valence-electron chi connectivity index (χ2n) is 7.50. The summed E-state index contributed by atoms with van der Waals surface area (Å²) in [5, 5.41) is 12.3. The number of carbonyl (C=O) groups excluding carboxylic acids is 2. The summed E-state index contributed by atoms with van der Waals surface area (Å²) in [4.78, 5) is 29.2. The average Bonchev–Trinajstić information content (AvgIpc) is 3.41. The lowest BCUT2D eigenvalue weighted by Gasteiger charge is -2.14. The molecule has 7 nitrogen and oxygen atoms in total. The Hall–Kier alpha value is -3.85. The molecule has 0 saturated carbocycles. The zero-order valence-corrected chi connectivity index (χ0v) is 18.9. The molecule has 0 bridgehead atoms. The molecule has 1 unspecified atom stereocenters. The number of thiazole rings is 1.